The molecule has 3 amide bonds. The molecule has 1 aromatic carbocycles. The second-order valence-corrected chi connectivity index (χ2v) is 10.4. The maximum absolute atomic E-state index is 13.1. The summed E-state index contributed by atoms with van der Waals surface area (Å²) in [6.07, 6.45) is 7.10. The summed E-state index contributed by atoms with van der Waals surface area (Å²) in [5.41, 5.74) is 2.79. The molecule has 3 aromatic rings. The predicted molar refractivity (Wildman–Crippen MR) is 140 cm³/mol. The third kappa shape index (κ3) is 5.58. The second-order valence-electron chi connectivity index (χ2n) is 10.00. The number of rotatable bonds is 10. The van der Waals surface area contributed by atoms with Crippen LogP contribution in [0.1, 0.15) is 60.0 Å². The average molecular weight is 551 g/mol. The largest absolute Gasteiger partial charge is 0.489 e. The van der Waals surface area contributed by atoms with E-state index in [0.717, 1.165) is 49.0 Å². The van der Waals surface area contributed by atoms with Crippen molar-refractivity contribution < 1.29 is 23.5 Å². The number of imide groups is 1. The molecule has 2 N–H and O–H groups in total. The standard InChI is InChI=1S/C27H27ClN6O5/c28-20-12-15(11-18-19(20)14-34(26(18)37)22-8-9-23(35)31-24(22)36)3-1-2-10-29-27-33-32-25(39-27)21-7-6-17(13-30-21)38-16-4-5-16/h6-7,11-13,16,22H,1-5,8-10,14H2,(H,29,33)(H,31,35,36). The number of piperidine rings is 1. The summed E-state index contributed by atoms with van der Waals surface area (Å²) in [4.78, 5) is 42.7. The van der Waals surface area contributed by atoms with Gasteiger partial charge in [0.1, 0.15) is 17.5 Å². The lowest BCUT2D eigenvalue weighted by Gasteiger charge is -2.29. The predicted octanol–water partition coefficient (Wildman–Crippen LogP) is 3.52. The van der Waals surface area contributed by atoms with Gasteiger partial charge in [-0.3, -0.25) is 19.7 Å². The van der Waals surface area contributed by atoms with E-state index < -0.39 is 11.9 Å². The number of nitrogens with one attached hydrogen (secondary N) is 2. The van der Waals surface area contributed by atoms with Gasteiger partial charge in [0.05, 0.1) is 12.3 Å². The van der Waals surface area contributed by atoms with Crippen molar-refractivity contribution >= 4 is 35.3 Å². The highest BCUT2D eigenvalue weighted by atomic mass is 35.5. The molecule has 2 aromatic heterocycles. The number of unbranched alkanes of at least 4 members (excludes halogenated alkanes) is 1. The summed E-state index contributed by atoms with van der Waals surface area (Å²) in [6, 6.07) is 7.06. The van der Waals surface area contributed by atoms with E-state index in [-0.39, 0.29) is 24.8 Å². The Bertz CT molecular complexity index is 1420. The number of fused-ring (bicyclic) bond motifs is 1. The fraction of sp³-hybridized carbons (Fsp3) is 0.407. The topological polar surface area (TPSA) is 140 Å². The highest BCUT2D eigenvalue weighted by Crippen LogP contribution is 2.34. The first-order valence-corrected chi connectivity index (χ1v) is 13.5. The highest BCUT2D eigenvalue weighted by molar-refractivity contribution is 6.32. The molecule has 1 aliphatic carbocycles. The second kappa shape index (κ2) is 10.6. The smallest absolute Gasteiger partial charge is 0.315 e. The Morgan fingerprint density at radius 3 is 2.77 bits per heavy atom. The van der Waals surface area contributed by atoms with Crippen molar-refractivity contribution in [2.45, 2.75) is 63.6 Å². The van der Waals surface area contributed by atoms with Crippen LogP contribution in [-0.4, -0.2) is 56.5 Å². The first kappa shape index (κ1) is 25.3. The third-order valence-electron chi connectivity index (χ3n) is 7.04. The number of hydrogen-bond donors (Lipinski definition) is 2. The molecule has 11 nitrogen and oxygen atoms in total. The van der Waals surface area contributed by atoms with Crippen molar-refractivity contribution in [2.24, 2.45) is 0 Å². The average Bonchev–Trinajstić information content (AvgIpc) is 3.50. The van der Waals surface area contributed by atoms with Crippen molar-refractivity contribution in [1.29, 1.82) is 0 Å². The molecule has 0 radical (unpaired) electrons. The van der Waals surface area contributed by atoms with Gasteiger partial charge < -0.3 is 19.4 Å². The zero-order valence-electron chi connectivity index (χ0n) is 21.1. The monoisotopic (exact) mass is 550 g/mol. The lowest BCUT2D eigenvalue weighted by molar-refractivity contribution is -0.136. The minimum absolute atomic E-state index is 0.216. The van der Waals surface area contributed by atoms with Gasteiger partial charge in [0.15, 0.2) is 0 Å². The number of aromatic nitrogens is 3. The van der Waals surface area contributed by atoms with E-state index >= 15 is 0 Å². The maximum atomic E-state index is 13.1. The molecule has 0 spiro atoms. The molecule has 12 heteroatoms. The summed E-state index contributed by atoms with van der Waals surface area (Å²) in [6.45, 7) is 0.897. The molecule has 1 atom stereocenters. The van der Waals surface area contributed by atoms with Gasteiger partial charge in [-0.15, -0.1) is 5.10 Å². The number of carbonyl (C=O) groups excluding carboxylic acids is 3. The van der Waals surface area contributed by atoms with Crippen LogP contribution in [0.3, 0.4) is 0 Å². The Hall–Kier alpha value is -3.99. The summed E-state index contributed by atoms with van der Waals surface area (Å²) < 4.78 is 11.4. The zero-order chi connectivity index (χ0) is 26.9. The summed E-state index contributed by atoms with van der Waals surface area (Å²) in [7, 11) is 0. The van der Waals surface area contributed by atoms with Crippen LogP contribution in [-0.2, 0) is 22.6 Å². The van der Waals surface area contributed by atoms with Gasteiger partial charge in [-0.2, -0.15) is 0 Å². The molecule has 0 bridgehead atoms. The van der Waals surface area contributed by atoms with Crippen LogP contribution in [0.15, 0.2) is 34.9 Å². The van der Waals surface area contributed by atoms with Crippen LogP contribution in [0.5, 0.6) is 5.75 Å². The number of aryl methyl sites for hydroxylation is 1. The Morgan fingerprint density at radius 2 is 2.00 bits per heavy atom. The number of ether oxygens (including phenoxy) is 1. The lowest BCUT2D eigenvalue weighted by Crippen LogP contribution is -2.52. The molecule has 202 valence electrons. The van der Waals surface area contributed by atoms with Gasteiger partial charge in [0.25, 0.3) is 11.8 Å². The number of benzene rings is 1. The molecule has 4 heterocycles. The maximum Gasteiger partial charge on any atom is 0.315 e. The molecular weight excluding hydrogens is 524 g/mol. The van der Waals surface area contributed by atoms with Gasteiger partial charge in [0, 0.05) is 35.7 Å². The van der Waals surface area contributed by atoms with Crippen LogP contribution in [0.4, 0.5) is 6.01 Å². The third-order valence-corrected chi connectivity index (χ3v) is 7.37. The van der Waals surface area contributed by atoms with Crippen molar-refractivity contribution in [3.63, 3.8) is 0 Å². The lowest BCUT2D eigenvalue weighted by atomic mass is 10.0. The Kier molecular flexibility index (Phi) is 6.90. The van der Waals surface area contributed by atoms with E-state index in [0.29, 0.717) is 47.3 Å². The number of anilines is 1. The van der Waals surface area contributed by atoms with Gasteiger partial charge in [-0.05, 0) is 68.4 Å². The molecule has 2 aliphatic heterocycles. The van der Waals surface area contributed by atoms with Gasteiger partial charge in [-0.1, -0.05) is 16.7 Å². The molecular formula is C27H27ClN6O5. The normalized spacial score (nSPS) is 18.7. The van der Waals surface area contributed by atoms with E-state index in [1.807, 2.05) is 18.2 Å². The number of pyridine rings is 1. The van der Waals surface area contributed by atoms with Gasteiger partial charge >= 0.3 is 6.01 Å². The molecule has 1 saturated heterocycles. The van der Waals surface area contributed by atoms with Crippen LogP contribution in [0, 0.1) is 0 Å². The van der Waals surface area contributed by atoms with Crippen LogP contribution in [0.25, 0.3) is 11.6 Å². The van der Waals surface area contributed by atoms with Crippen molar-refractivity contribution in [3.8, 4) is 17.3 Å². The van der Waals surface area contributed by atoms with E-state index in [9.17, 15) is 14.4 Å². The van der Waals surface area contributed by atoms with Crippen LogP contribution in [0.2, 0.25) is 5.02 Å². The number of amides is 3. The number of hydrogen-bond acceptors (Lipinski definition) is 9. The SMILES string of the molecule is O=C1CCC(N2Cc3c(Cl)cc(CCCCNc4nnc(-c5ccc(OC6CC6)cn5)o4)cc3C2=O)C(=O)N1. The number of carbonyl (C=O) groups is 3. The van der Waals surface area contributed by atoms with E-state index in [1.54, 1.807) is 12.3 Å². The fourth-order valence-corrected chi connectivity index (χ4v) is 5.12. The van der Waals surface area contributed by atoms with E-state index in [2.05, 4.69) is 25.8 Å². The van der Waals surface area contributed by atoms with Crippen LogP contribution < -0.4 is 15.4 Å². The molecule has 2 fully saturated rings. The zero-order valence-corrected chi connectivity index (χ0v) is 21.9. The number of nitrogens with zero attached hydrogens (tertiary/aromatic N) is 4. The minimum atomic E-state index is -0.658. The Labute approximate surface area is 229 Å². The molecule has 1 unspecified atom stereocenters. The first-order chi connectivity index (χ1) is 18.9. The highest BCUT2D eigenvalue weighted by Gasteiger charge is 2.40. The molecule has 3 aliphatic rings. The minimum Gasteiger partial charge on any atom is -0.489 e. The Balaban J connectivity index is 0.985. The number of halogens is 1. The summed E-state index contributed by atoms with van der Waals surface area (Å²) in [5.74, 6) is 0.101. The fourth-order valence-electron chi connectivity index (χ4n) is 4.82. The van der Waals surface area contributed by atoms with Gasteiger partial charge in [0.2, 0.25) is 11.8 Å². The van der Waals surface area contributed by atoms with Crippen molar-refractivity contribution in [1.82, 2.24) is 25.4 Å². The quantitative estimate of drug-likeness (QED) is 0.286. The van der Waals surface area contributed by atoms with E-state index in [1.165, 1.54) is 4.90 Å². The summed E-state index contributed by atoms with van der Waals surface area (Å²) in [5, 5.41) is 14.1. The Morgan fingerprint density at radius 1 is 1.13 bits per heavy atom. The summed E-state index contributed by atoms with van der Waals surface area (Å²) >= 11 is 6.52. The molecule has 1 saturated carbocycles. The van der Waals surface area contributed by atoms with Crippen molar-refractivity contribution in [3.05, 3.63) is 52.2 Å². The van der Waals surface area contributed by atoms with E-state index in [4.69, 9.17) is 20.8 Å². The van der Waals surface area contributed by atoms with Crippen molar-refractivity contribution in [2.75, 3.05) is 11.9 Å². The first-order valence-electron chi connectivity index (χ1n) is 13.1. The van der Waals surface area contributed by atoms with Crippen LogP contribution >= 0.6 is 11.6 Å². The molecule has 39 heavy (non-hydrogen) atoms. The molecule has 6 rings (SSSR count). The van der Waals surface area contributed by atoms with Gasteiger partial charge in [-0.25, -0.2) is 4.98 Å².